The smallest absolute Gasteiger partial charge is 0.341 e. The van der Waals surface area contributed by atoms with E-state index in [0.29, 0.717) is 17.1 Å². The molecule has 1 rings (SSSR count). The molecule has 5 nitrogen and oxygen atoms in total. The van der Waals surface area contributed by atoms with Crippen LogP contribution in [0.3, 0.4) is 0 Å². The van der Waals surface area contributed by atoms with Crippen molar-refractivity contribution < 1.29 is 23.8 Å². The van der Waals surface area contributed by atoms with Gasteiger partial charge in [-0.25, -0.2) is 4.79 Å². The van der Waals surface area contributed by atoms with Gasteiger partial charge in [-0.2, -0.15) is 0 Å². The Morgan fingerprint density at radius 2 is 1.61 bits per heavy atom. The molecule has 1 aromatic carbocycles. The molecule has 0 radical (unpaired) electrons. The highest BCUT2D eigenvalue weighted by molar-refractivity contribution is 6.01. The van der Waals surface area contributed by atoms with Crippen molar-refractivity contribution in [3.05, 3.63) is 23.3 Å². The van der Waals surface area contributed by atoms with E-state index >= 15 is 0 Å². The van der Waals surface area contributed by atoms with Gasteiger partial charge in [-0.15, -0.1) is 0 Å². The summed E-state index contributed by atoms with van der Waals surface area (Å²) in [5.41, 5.74) is 0.534. The van der Waals surface area contributed by atoms with Gasteiger partial charge in [0, 0.05) is 6.07 Å². The van der Waals surface area contributed by atoms with Crippen LogP contribution in [-0.2, 0) is 4.74 Å². The van der Waals surface area contributed by atoms with Crippen LogP contribution >= 0.6 is 0 Å². The molecule has 1 aromatic rings. The highest BCUT2D eigenvalue weighted by atomic mass is 16.5. The van der Waals surface area contributed by atoms with Gasteiger partial charge in [-0.1, -0.05) is 0 Å². The molecular formula is C13H16O5. The minimum Gasteiger partial charge on any atom is -0.496 e. The molecule has 98 valence electrons. The highest BCUT2D eigenvalue weighted by Crippen LogP contribution is 2.30. The lowest BCUT2D eigenvalue weighted by Crippen LogP contribution is -2.09. The summed E-state index contributed by atoms with van der Waals surface area (Å²) in [7, 11) is 2.89. The zero-order valence-corrected chi connectivity index (χ0v) is 10.9. The molecule has 0 aliphatic rings. The van der Waals surface area contributed by atoms with E-state index in [1.807, 2.05) is 0 Å². The molecule has 0 bridgehead atoms. The number of rotatable bonds is 5. The molecule has 0 fully saturated rings. The zero-order chi connectivity index (χ0) is 13.7. The number of hydrogen-bond donors (Lipinski definition) is 0. The van der Waals surface area contributed by atoms with Gasteiger partial charge in [0.25, 0.3) is 0 Å². The molecule has 0 aliphatic heterocycles. The standard InChI is InChI=1S/C13H16O5/c1-5-18-13(15)10-6-9(8(2)14)11(16-3)7-12(10)17-4/h6-7H,5H2,1-4H3. The zero-order valence-electron chi connectivity index (χ0n) is 10.9. The molecule has 0 aromatic heterocycles. The minimum absolute atomic E-state index is 0.194. The summed E-state index contributed by atoms with van der Waals surface area (Å²) in [6.45, 7) is 3.36. The summed E-state index contributed by atoms with van der Waals surface area (Å²) in [5, 5.41) is 0. The Morgan fingerprint density at radius 1 is 1.06 bits per heavy atom. The van der Waals surface area contributed by atoms with Crippen molar-refractivity contribution in [2.24, 2.45) is 0 Å². The van der Waals surface area contributed by atoms with Gasteiger partial charge >= 0.3 is 5.97 Å². The van der Waals surface area contributed by atoms with Crippen molar-refractivity contribution in [3.63, 3.8) is 0 Å². The predicted molar refractivity (Wildman–Crippen MR) is 65.5 cm³/mol. The largest absolute Gasteiger partial charge is 0.496 e. The first-order valence-electron chi connectivity index (χ1n) is 5.49. The summed E-state index contributed by atoms with van der Waals surface area (Å²) in [6.07, 6.45) is 0. The Labute approximate surface area is 106 Å². The molecule has 0 unspecified atom stereocenters. The van der Waals surface area contributed by atoms with Crippen molar-refractivity contribution >= 4 is 11.8 Å². The second-order valence-electron chi connectivity index (χ2n) is 3.53. The third-order valence-corrected chi connectivity index (χ3v) is 2.40. The molecule has 0 atom stereocenters. The van der Waals surface area contributed by atoms with Crippen LogP contribution in [0.25, 0.3) is 0 Å². The van der Waals surface area contributed by atoms with Crippen molar-refractivity contribution in [1.82, 2.24) is 0 Å². The van der Waals surface area contributed by atoms with E-state index < -0.39 is 5.97 Å². The summed E-state index contributed by atoms with van der Waals surface area (Å²) in [5.74, 6) is -0.0396. The van der Waals surface area contributed by atoms with E-state index in [1.165, 1.54) is 33.3 Å². The number of esters is 1. The van der Waals surface area contributed by atoms with Crippen molar-refractivity contribution in [1.29, 1.82) is 0 Å². The molecule has 0 amide bonds. The SMILES string of the molecule is CCOC(=O)c1cc(C(C)=O)c(OC)cc1OC. The van der Waals surface area contributed by atoms with Gasteiger partial charge in [0.05, 0.1) is 26.4 Å². The van der Waals surface area contributed by atoms with E-state index in [1.54, 1.807) is 6.92 Å². The number of ether oxygens (including phenoxy) is 3. The average molecular weight is 252 g/mol. The van der Waals surface area contributed by atoms with Crippen molar-refractivity contribution in [2.75, 3.05) is 20.8 Å². The van der Waals surface area contributed by atoms with Crippen molar-refractivity contribution in [2.45, 2.75) is 13.8 Å². The Hall–Kier alpha value is -2.04. The fourth-order valence-corrected chi connectivity index (χ4v) is 1.54. The third-order valence-electron chi connectivity index (χ3n) is 2.40. The van der Waals surface area contributed by atoms with Crippen molar-refractivity contribution in [3.8, 4) is 11.5 Å². The maximum absolute atomic E-state index is 11.7. The molecule has 18 heavy (non-hydrogen) atoms. The lowest BCUT2D eigenvalue weighted by atomic mass is 10.1. The van der Waals surface area contributed by atoms with Crippen LogP contribution in [-0.4, -0.2) is 32.6 Å². The van der Waals surface area contributed by atoms with Gasteiger partial charge in [0.2, 0.25) is 0 Å². The number of carbonyl (C=O) groups is 2. The number of Topliss-reactive ketones (excluding diaryl/α,β-unsaturated/α-hetero) is 1. The van der Waals surface area contributed by atoms with Gasteiger partial charge in [0.15, 0.2) is 5.78 Å². The van der Waals surface area contributed by atoms with E-state index in [4.69, 9.17) is 14.2 Å². The summed E-state index contributed by atoms with van der Waals surface area (Å²) >= 11 is 0. The summed E-state index contributed by atoms with van der Waals surface area (Å²) < 4.78 is 15.1. The third kappa shape index (κ3) is 2.80. The molecule has 0 heterocycles. The quantitative estimate of drug-likeness (QED) is 0.593. The van der Waals surface area contributed by atoms with Crippen LogP contribution in [0.4, 0.5) is 0 Å². The molecule has 0 aliphatic carbocycles. The molecular weight excluding hydrogens is 236 g/mol. The monoisotopic (exact) mass is 252 g/mol. The van der Waals surface area contributed by atoms with Gasteiger partial charge in [0.1, 0.15) is 17.1 Å². The molecule has 0 saturated carbocycles. The Morgan fingerprint density at radius 3 is 2.06 bits per heavy atom. The normalized spacial score (nSPS) is 9.78. The highest BCUT2D eigenvalue weighted by Gasteiger charge is 2.19. The number of methoxy groups -OCH3 is 2. The first kappa shape index (κ1) is 14.0. The van der Waals surface area contributed by atoms with E-state index in [0.717, 1.165) is 0 Å². The van der Waals surface area contributed by atoms with Crippen LogP contribution in [0.15, 0.2) is 12.1 Å². The lowest BCUT2D eigenvalue weighted by molar-refractivity contribution is 0.0522. The van der Waals surface area contributed by atoms with Crippen LogP contribution < -0.4 is 9.47 Å². The number of benzene rings is 1. The lowest BCUT2D eigenvalue weighted by Gasteiger charge is -2.12. The Kier molecular flexibility index (Phi) is 4.71. The van der Waals surface area contributed by atoms with E-state index in [-0.39, 0.29) is 18.0 Å². The first-order valence-corrected chi connectivity index (χ1v) is 5.49. The van der Waals surface area contributed by atoms with Gasteiger partial charge < -0.3 is 14.2 Å². The van der Waals surface area contributed by atoms with Crippen LogP contribution in [0.1, 0.15) is 34.6 Å². The maximum Gasteiger partial charge on any atom is 0.341 e. The predicted octanol–water partition coefficient (Wildman–Crippen LogP) is 2.08. The van der Waals surface area contributed by atoms with E-state index in [9.17, 15) is 9.59 Å². The maximum atomic E-state index is 11.7. The Bertz CT molecular complexity index is 465. The topological polar surface area (TPSA) is 61.8 Å². The molecule has 5 heteroatoms. The molecule has 0 spiro atoms. The van der Waals surface area contributed by atoms with Gasteiger partial charge in [-0.05, 0) is 19.9 Å². The van der Waals surface area contributed by atoms with Crippen LogP contribution in [0.5, 0.6) is 11.5 Å². The minimum atomic E-state index is -0.528. The number of hydrogen-bond acceptors (Lipinski definition) is 5. The second-order valence-corrected chi connectivity index (χ2v) is 3.53. The Balaban J connectivity index is 3.36. The van der Waals surface area contributed by atoms with Crippen LogP contribution in [0.2, 0.25) is 0 Å². The summed E-state index contributed by atoms with van der Waals surface area (Å²) in [4.78, 5) is 23.2. The average Bonchev–Trinajstić information content (AvgIpc) is 2.37. The number of carbonyl (C=O) groups excluding carboxylic acids is 2. The number of ketones is 1. The van der Waals surface area contributed by atoms with E-state index in [2.05, 4.69) is 0 Å². The second kappa shape index (κ2) is 6.05. The summed E-state index contributed by atoms with van der Waals surface area (Å²) in [6, 6.07) is 2.93. The fraction of sp³-hybridized carbons (Fsp3) is 0.385. The van der Waals surface area contributed by atoms with Gasteiger partial charge in [-0.3, -0.25) is 4.79 Å². The molecule has 0 saturated heterocycles. The molecule has 0 N–H and O–H groups in total. The fourth-order valence-electron chi connectivity index (χ4n) is 1.54. The van der Waals surface area contributed by atoms with Crippen LogP contribution in [0, 0.1) is 0 Å². The first-order chi connectivity index (χ1) is 8.54.